The number of benzene rings is 3. The van der Waals surface area contributed by atoms with E-state index < -0.39 is 11.6 Å². The number of aryl methyl sites for hydroxylation is 2. The van der Waals surface area contributed by atoms with Crippen LogP contribution in [0.1, 0.15) is 42.3 Å². The maximum atomic E-state index is 13.8. The minimum atomic E-state index is -0.846. The highest BCUT2D eigenvalue weighted by Gasteiger charge is 2.06. The van der Waals surface area contributed by atoms with Gasteiger partial charge in [0.05, 0.1) is 19.0 Å². The van der Waals surface area contributed by atoms with Gasteiger partial charge in [0.25, 0.3) is 0 Å². The Morgan fingerprint density at radius 1 is 0.848 bits per heavy atom. The molecule has 166 valence electrons. The van der Waals surface area contributed by atoms with Gasteiger partial charge >= 0.3 is 0 Å². The fraction of sp³-hybridized carbons (Fsp3) is 0.214. The van der Waals surface area contributed by atoms with Crippen LogP contribution in [0, 0.1) is 23.5 Å². The summed E-state index contributed by atoms with van der Waals surface area (Å²) in [6.45, 7) is 2.81. The predicted octanol–water partition coefficient (Wildman–Crippen LogP) is 6.27. The SMILES string of the molecule is CCCCOc1cnc(CCc2ccc(C#Cc3ccc4c(F)c(F)ccc4c3)cc2)nc1. The molecule has 33 heavy (non-hydrogen) atoms. The summed E-state index contributed by atoms with van der Waals surface area (Å²) in [4.78, 5) is 8.76. The fourth-order valence-electron chi connectivity index (χ4n) is 3.38. The lowest BCUT2D eigenvalue weighted by atomic mass is 10.1. The molecular weight excluding hydrogens is 418 g/mol. The Labute approximate surface area is 192 Å². The molecule has 0 aliphatic heterocycles. The average Bonchev–Trinajstić information content (AvgIpc) is 2.85. The lowest BCUT2D eigenvalue weighted by molar-refractivity contribution is 0.306. The number of hydrogen-bond donors (Lipinski definition) is 0. The zero-order valence-electron chi connectivity index (χ0n) is 18.4. The summed E-state index contributed by atoms with van der Waals surface area (Å²) in [7, 11) is 0. The van der Waals surface area contributed by atoms with Gasteiger partial charge in [-0.25, -0.2) is 18.7 Å². The lowest BCUT2D eigenvalue weighted by Crippen LogP contribution is -2.01. The molecule has 0 aliphatic rings. The van der Waals surface area contributed by atoms with Crippen LogP contribution in [0.5, 0.6) is 5.75 Å². The van der Waals surface area contributed by atoms with E-state index in [0.29, 0.717) is 17.7 Å². The van der Waals surface area contributed by atoms with E-state index in [1.54, 1.807) is 36.7 Å². The van der Waals surface area contributed by atoms with Crippen LogP contribution in [-0.2, 0) is 12.8 Å². The Balaban J connectivity index is 1.35. The van der Waals surface area contributed by atoms with Crippen LogP contribution in [0.3, 0.4) is 0 Å². The molecule has 0 unspecified atom stereocenters. The molecule has 0 amide bonds. The second-order valence-corrected chi connectivity index (χ2v) is 7.78. The van der Waals surface area contributed by atoms with E-state index in [9.17, 15) is 8.78 Å². The van der Waals surface area contributed by atoms with Gasteiger partial charge in [-0.3, -0.25) is 0 Å². The van der Waals surface area contributed by atoms with Crippen molar-refractivity contribution in [2.24, 2.45) is 0 Å². The zero-order valence-corrected chi connectivity index (χ0v) is 18.4. The first kappa shape index (κ1) is 22.4. The van der Waals surface area contributed by atoms with E-state index in [1.165, 1.54) is 5.56 Å². The van der Waals surface area contributed by atoms with Crippen molar-refractivity contribution in [3.63, 3.8) is 0 Å². The number of unbranched alkanes of at least 4 members (excludes halogenated alkanes) is 1. The summed E-state index contributed by atoms with van der Waals surface area (Å²) < 4.78 is 32.8. The first-order valence-corrected chi connectivity index (χ1v) is 11.0. The van der Waals surface area contributed by atoms with Crippen LogP contribution in [-0.4, -0.2) is 16.6 Å². The molecule has 0 saturated carbocycles. The van der Waals surface area contributed by atoms with Crippen molar-refractivity contribution in [2.45, 2.75) is 32.6 Å². The van der Waals surface area contributed by atoms with Crippen molar-refractivity contribution >= 4 is 10.8 Å². The molecule has 1 heterocycles. The normalized spacial score (nSPS) is 10.6. The highest BCUT2D eigenvalue weighted by molar-refractivity contribution is 5.84. The Bertz CT molecular complexity index is 1290. The molecule has 0 atom stereocenters. The van der Waals surface area contributed by atoms with E-state index in [2.05, 4.69) is 28.7 Å². The standard InChI is InChI=1S/C28H24F2N2O/c1-2-3-16-33-24-18-31-27(32-19-24)15-11-21-6-4-20(5-7-21)8-9-22-10-13-25-23(17-22)12-14-26(29)28(25)30/h4-7,10,12-14,17-19H,2-3,11,15-16H2,1H3. The third kappa shape index (κ3) is 5.93. The number of nitrogens with zero attached hydrogens (tertiary/aromatic N) is 2. The van der Waals surface area contributed by atoms with Gasteiger partial charge in [0.15, 0.2) is 17.4 Å². The fourth-order valence-corrected chi connectivity index (χ4v) is 3.38. The minimum absolute atomic E-state index is 0.257. The first-order valence-electron chi connectivity index (χ1n) is 11.0. The van der Waals surface area contributed by atoms with E-state index in [0.717, 1.165) is 48.7 Å². The maximum Gasteiger partial charge on any atom is 0.166 e. The van der Waals surface area contributed by atoms with E-state index in [1.807, 2.05) is 24.3 Å². The molecule has 0 radical (unpaired) electrons. The molecule has 0 N–H and O–H groups in total. The largest absolute Gasteiger partial charge is 0.490 e. The van der Waals surface area contributed by atoms with E-state index >= 15 is 0 Å². The third-order valence-corrected chi connectivity index (χ3v) is 5.30. The van der Waals surface area contributed by atoms with Gasteiger partial charge in [0, 0.05) is 22.9 Å². The van der Waals surface area contributed by atoms with E-state index in [-0.39, 0.29) is 5.39 Å². The summed E-state index contributed by atoms with van der Waals surface area (Å²) in [5.41, 5.74) is 2.81. The average molecular weight is 443 g/mol. The molecule has 3 aromatic carbocycles. The quantitative estimate of drug-likeness (QED) is 0.250. The van der Waals surface area contributed by atoms with Crippen molar-refractivity contribution in [3.05, 3.63) is 101 Å². The van der Waals surface area contributed by atoms with Crippen molar-refractivity contribution < 1.29 is 13.5 Å². The highest BCUT2D eigenvalue weighted by Crippen LogP contribution is 2.21. The molecule has 0 fully saturated rings. The summed E-state index contributed by atoms with van der Waals surface area (Å²) >= 11 is 0. The monoisotopic (exact) mass is 442 g/mol. The van der Waals surface area contributed by atoms with Crippen LogP contribution in [0.4, 0.5) is 8.78 Å². The molecule has 0 bridgehead atoms. The Hall–Kier alpha value is -3.78. The zero-order chi connectivity index (χ0) is 23.0. The molecule has 0 aliphatic carbocycles. The third-order valence-electron chi connectivity index (χ3n) is 5.30. The number of halogens is 2. The van der Waals surface area contributed by atoms with Crippen LogP contribution < -0.4 is 4.74 Å². The summed E-state index contributed by atoms with van der Waals surface area (Å²) in [5.74, 6) is 6.03. The summed E-state index contributed by atoms with van der Waals surface area (Å²) in [6.07, 6.45) is 7.15. The number of rotatable bonds is 7. The number of hydrogen-bond acceptors (Lipinski definition) is 3. The predicted molar refractivity (Wildman–Crippen MR) is 126 cm³/mol. The second kappa shape index (κ2) is 10.7. The molecule has 1 aromatic heterocycles. The van der Waals surface area contributed by atoms with Gasteiger partial charge in [-0.2, -0.15) is 0 Å². The first-order chi connectivity index (χ1) is 16.1. The molecule has 4 aromatic rings. The van der Waals surface area contributed by atoms with Crippen molar-refractivity contribution in [1.82, 2.24) is 9.97 Å². The smallest absolute Gasteiger partial charge is 0.166 e. The van der Waals surface area contributed by atoms with Gasteiger partial charge in [0.2, 0.25) is 0 Å². The highest BCUT2D eigenvalue weighted by atomic mass is 19.2. The van der Waals surface area contributed by atoms with Gasteiger partial charge in [-0.1, -0.05) is 49.5 Å². The number of ether oxygens (including phenoxy) is 1. The van der Waals surface area contributed by atoms with Crippen molar-refractivity contribution in [3.8, 4) is 17.6 Å². The number of aromatic nitrogens is 2. The van der Waals surface area contributed by atoms with Crippen molar-refractivity contribution in [2.75, 3.05) is 6.61 Å². The van der Waals surface area contributed by atoms with Crippen LogP contribution in [0.15, 0.2) is 67.0 Å². The summed E-state index contributed by atoms with van der Waals surface area (Å²) in [6, 6.07) is 15.8. The van der Waals surface area contributed by atoms with Crippen LogP contribution >= 0.6 is 0 Å². The van der Waals surface area contributed by atoms with Crippen LogP contribution in [0.25, 0.3) is 10.8 Å². The molecule has 0 spiro atoms. The Morgan fingerprint density at radius 3 is 2.33 bits per heavy atom. The van der Waals surface area contributed by atoms with E-state index in [4.69, 9.17) is 4.74 Å². The second-order valence-electron chi connectivity index (χ2n) is 7.78. The molecule has 5 heteroatoms. The Kier molecular flexibility index (Phi) is 7.26. The molecule has 4 rings (SSSR count). The van der Waals surface area contributed by atoms with Gasteiger partial charge in [-0.15, -0.1) is 0 Å². The van der Waals surface area contributed by atoms with Gasteiger partial charge in [0.1, 0.15) is 5.82 Å². The van der Waals surface area contributed by atoms with Crippen molar-refractivity contribution in [1.29, 1.82) is 0 Å². The minimum Gasteiger partial charge on any atom is -0.490 e. The number of fused-ring (bicyclic) bond motifs is 1. The summed E-state index contributed by atoms with van der Waals surface area (Å²) in [5, 5.41) is 0.881. The van der Waals surface area contributed by atoms with Gasteiger partial charge in [-0.05, 0) is 54.1 Å². The van der Waals surface area contributed by atoms with Crippen LogP contribution in [0.2, 0.25) is 0 Å². The lowest BCUT2D eigenvalue weighted by Gasteiger charge is -2.05. The Morgan fingerprint density at radius 2 is 1.58 bits per heavy atom. The molecular formula is C28H24F2N2O. The van der Waals surface area contributed by atoms with Gasteiger partial charge < -0.3 is 4.74 Å². The molecule has 3 nitrogen and oxygen atoms in total. The maximum absolute atomic E-state index is 13.8. The topological polar surface area (TPSA) is 35.0 Å². The molecule has 0 saturated heterocycles.